The molecular formula is C19H21ClFN3S. The number of thioether (sulfide) groups is 1. The summed E-state index contributed by atoms with van der Waals surface area (Å²) in [6.45, 7) is 6.28. The Morgan fingerprint density at radius 3 is 2.72 bits per heavy atom. The van der Waals surface area contributed by atoms with Crippen LogP contribution in [0.3, 0.4) is 0 Å². The molecule has 1 unspecified atom stereocenters. The van der Waals surface area contributed by atoms with Crippen LogP contribution in [0.4, 0.5) is 10.1 Å². The lowest BCUT2D eigenvalue weighted by molar-refractivity contribution is 0.566. The van der Waals surface area contributed by atoms with Crippen molar-refractivity contribution in [1.29, 1.82) is 0 Å². The summed E-state index contributed by atoms with van der Waals surface area (Å²) in [6.07, 6.45) is 0.907. The van der Waals surface area contributed by atoms with Crippen molar-refractivity contribution in [2.24, 2.45) is 4.99 Å². The molecule has 132 valence electrons. The summed E-state index contributed by atoms with van der Waals surface area (Å²) in [5, 5.41) is 3.29. The molecule has 2 aromatic carbocycles. The Morgan fingerprint density at radius 2 is 2.00 bits per heavy atom. The SMILES string of the molecule is CCC1N=C(SCc2c(F)cccc2Cl)N(c2cccc(C)c2C)N1. The Labute approximate surface area is 157 Å². The fraction of sp³-hybridized carbons (Fsp3) is 0.316. The van der Waals surface area contributed by atoms with Gasteiger partial charge in [-0.2, -0.15) is 0 Å². The smallest absolute Gasteiger partial charge is 0.180 e. The maximum Gasteiger partial charge on any atom is 0.180 e. The Kier molecular flexibility index (Phi) is 5.67. The number of aliphatic imine (C=N–C) groups is 1. The van der Waals surface area contributed by atoms with Gasteiger partial charge in [0, 0.05) is 16.3 Å². The van der Waals surface area contributed by atoms with Crippen LogP contribution in [0.5, 0.6) is 0 Å². The zero-order valence-electron chi connectivity index (χ0n) is 14.5. The Bertz CT molecular complexity index is 789. The molecule has 1 N–H and O–H groups in total. The first-order valence-electron chi connectivity index (χ1n) is 8.27. The first kappa shape index (κ1) is 18.2. The first-order chi connectivity index (χ1) is 12.0. The van der Waals surface area contributed by atoms with E-state index in [0.29, 0.717) is 16.3 Å². The highest BCUT2D eigenvalue weighted by molar-refractivity contribution is 8.13. The maximum absolute atomic E-state index is 14.0. The zero-order chi connectivity index (χ0) is 18.0. The number of rotatable bonds is 4. The monoisotopic (exact) mass is 377 g/mol. The van der Waals surface area contributed by atoms with E-state index in [1.54, 1.807) is 12.1 Å². The molecule has 1 heterocycles. The van der Waals surface area contributed by atoms with Gasteiger partial charge >= 0.3 is 0 Å². The van der Waals surface area contributed by atoms with E-state index in [1.165, 1.54) is 29.0 Å². The molecule has 0 bridgehead atoms. The summed E-state index contributed by atoms with van der Waals surface area (Å²) >= 11 is 7.64. The third-order valence-corrected chi connectivity index (χ3v) is 5.68. The largest absolute Gasteiger partial charge is 0.252 e. The number of hydrogen-bond donors (Lipinski definition) is 1. The van der Waals surface area contributed by atoms with Gasteiger partial charge < -0.3 is 0 Å². The zero-order valence-corrected chi connectivity index (χ0v) is 16.1. The highest BCUT2D eigenvalue weighted by Crippen LogP contribution is 2.31. The first-order valence-corrected chi connectivity index (χ1v) is 9.63. The fourth-order valence-electron chi connectivity index (χ4n) is 2.67. The fourth-order valence-corrected chi connectivity index (χ4v) is 4.02. The number of hydrogen-bond acceptors (Lipinski definition) is 4. The van der Waals surface area contributed by atoms with Crippen molar-refractivity contribution >= 4 is 34.2 Å². The van der Waals surface area contributed by atoms with Crippen LogP contribution in [0.25, 0.3) is 0 Å². The van der Waals surface area contributed by atoms with Gasteiger partial charge in [-0.15, -0.1) is 0 Å². The van der Waals surface area contributed by atoms with Crippen LogP contribution >= 0.6 is 23.4 Å². The van der Waals surface area contributed by atoms with Crippen LogP contribution in [0.1, 0.15) is 30.0 Å². The van der Waals surface area contributed by atoms with Gasteiger partial charge in [-0.25, -0.2) is 14.8 Å². The summed E-state index contributed by atoms with van der Waals surface area (Å²) in [6, 6.07) is 11.0. The van der Waals surface area contributed by atoms with Gasteiger partial charge in [0.25, 0.3) is 0 Å². The number of halogens is 2. The lowest BCUT2D eigenvalue weighted by atomic mass is 10.1. The second-order valence-electron chi connectivity index (χ2n) is 6.01. The number of nitrogens with one attached hydrogen (secondary N) is 1. The minimum Gasteiger partial charge on any atom is -0.252 e. The number of anilines is 1. The molecule has 6 heteroatoms. The van der Waals surface area contributed by atoms with Crippen LogP contribution in [0.2, 0.25) is 5.02 Å². The summed E-state index contributed by atoms with van der Waals surface area (Å²) < 4.78 is 14.0. The van der Waals surface area contributed by atoms with Crippen molar-refractivity contribution in [1.82, 2.24) is 5.43 Å². The lowest BCUT2D eigenvalue weighted by Crippen LogP contribution is -2.40. The van der Waals surface area contributed by atoms with Gasteiger partial charge in [0.05, 0.1) is 5.69 Å². The topological polar surface area (TPSA) is 27.6 Å². The molecule has 3 nitrogen and oxygen atoms in total. The molecule has 1 atom stereocenters. The summed E-state index contributed by atoms with van der Waals surface area (Å²) in [4.78, 5) is 4.74. The Balaban J connectivity index is 1.85. The molecule has 0 radical (unpaired) electrons. The van der Waals surface area contributed by atoms with Gasteiger partial charge in [0.15, 0.2) is 5.17 Å². The van der Waals surface area contributed by atoms with E-state index < -0.39 is 0 Å². The van der Waals surface area contributed by atoms with Crippen LogP contribution in [0.15, 0.2) is 41.4 Å². The van der Waals surface area contributed by atoms with Crippen LogP contribution in [-0.2, 0) is 5.75 Å². The molecular weight excluding hydrogens is 357 g/mol. The van der Waals surface area contributed by atoms with Gasteiger partial charge in [-0.1, -0.05) is 48.5 Å². The predicted octanol–water partition coefficient (Wildman–Crippen LogP) is 5.45. The van der Waals surface area contributed by atoms with Gasteiger partial charge in [-0.05, 0) is 49.6 Å². The molecule has 2 aromatic rings. The van der Waals surface area contributed by atoms with Gasteiger partial charge in [-0.3, -0.25) is 5.01 Å². The van der Waals surface area contributed by atoms with E-state index >= 15 is 0 Å². The number of nitrogens with zero attached hydrogens (tertiary/aromatic N) is 2. The van der Waals surface area contributed by atoms with Crippen molar-refractivity contribution in [2.45, 2.75) is 39.1 Å². The molecule has 0 saturated heterocycles. The summed E-state index contributed by atoms with van der Waals surface area (Å²) in [7, 11) is 0. The second-order valence-corrected chi connectivity index (χ2v) is 7.36. The standard InChI is InChI=1S/C19H21ClFN3S/c1-4-18-22-19(25-11-14-15(20)8-6-9-16(14)21)24(23-18)17-10-5-7-12(2)13(17)3/h5-10,18,23H,4,11H2,1-3H3. The van der Waals surface area contributed by atoms with E-state index in [2.05, 4.69) is 38.3 Å². The normalized spacial score (nSPS) is 17.1. The quantitative estimate of drug-likeness (QED) is 0.768. The number of aryl methyl sites for hydroxylation is 1. The number of hydrazine groups is 1. The minimum atomic E-state index is -0.281. The molecule has 25 heavy (non-hydrogen) atoms. The summed E-state index contributed by atoms with van der Waals surface area (Å²) in [5.74, 6) is 0.154. The average Bonchev–Trinajstić information content (AvgIpc) is 3.00. The highest BCUT2D eigenvalue weighted by atomic mass is 35.5. The molecule has 0 fully saturated rings. The van der Waals surface area contributed by atoms with Crippen LogP contribution in [0, 0.1) is 19.7 Å². The van der Waals surface area contributed by atoms with E-state index in [4.69, 9.17) is 16.6 Å². The lowest BCUT2D eigenvalue weighted by Gasteiger charge is -2.24. The van der Waals surface area contributed by atoms with E-state index in [1.807, 2.05) is 11.1 Å². The van der Waals surface area contributed by atoms with E-state index in [0.717, 1.165) is 17.3 Å². The Hall–Kier alpha value is -1.56. The van der Waals surface area contributed by atoms with Gasteiger partial charge in [0.1, 0.15) is 12.0 Å². The molecule has 0 amide bonds. The molecule has 1 aliphatic heterocycles. The van der Waals surface area contributed by atoms with Crippen molar-refractivity contribution in [3.05, 3.63) is 63.9 Å². The third kappa shape index (κ3) is 3.84. The van der Waals surface area contributed by atoms with Crippen molar-refractivity contribution in [3.8, 4) is 0 Å². The maximum atomic E-state index is 14.0. The van der Waals surface area contributed by atoms with Gasteiger partial charge in [0.2, 0.25) is 0 Å². The molecule has 0 aromatic heterocycles. The molecule has 1 aliphatic rings. The van der Waals surface area contributed by atoms with E-state index in [-0.39, 0.29) is 12.0 Å². The number of benzene rings is 2. The van der Waals surface area contributed by atoms with E-state index in [9.17, 15) is 4.39 Å². The molecule has 3 rings (SSSR count). The highest BCUT2D eigenvalue weighted by Gasteiger charge is 2.27. The predicted molar refractivity (Wildman–Crippen MR) is 106 cm³/mol. The van der Waals surface area contributed by atoms with Crippen molar-refractivity contribution in [3.63, 3.8) is 0 Å². The Morgan fingerprint density at radius 1 is 1.24 bits per heavy atom. The van der Waals surface area contributed by atoms with Crippen molar-refractivity contribution in [2.75, 3.05) is 5.01 Å². The minimum absolute atomic E-state index is 0.0264. The molecule has 0 spiro atoms. The number of amidine groups is 1. The van der Waals surface area contributed by atoms with Crippen molar-refractivity contribution < 1.29 is 4.39 Å². The second kappa shape index (κ2) is 7.77. The van der Waals surface area contributed by atoms with Crippen LogP contribution < -0.4 is 10.4 Å². The molecule has 0 aliphatic carbocycles. The summed E-state index contributed by atoms with van der Waals surface area (Å²) in [5.41, 5.74) is 7.43. The third-order valence-electron chi connectivity index (χ3n) is 4.35. The van der Waals surface area contributed by atoms with Crippen LogP contribution in [-0.4, -0.2) is 11.3 Å². The molecule has 0 saturated carbocycles. The average molecular weight is 378 g/mol.